The molecular formula is C18H12FN3O. The number of aromatic hydroxyl groups is 1. The zero-order valence-electron chi connectivity index (χ0n) is 12.0. The molecule has 23 heavy (non-hydrogen) atoms. The summed E-state index contributed by atoms with van der Waals surface area (Å²) in [6.45, 7) is 0. The highest BCUT2D eigenvalue weighted by Gasteiger charge is 2.16. The SMILES string of the molecule is Oc1ccn2nc(-c3ccc(F)cc3)c(-c3ccncc3)c2c1. The van der Waals surface area contributed by atoms with Crippen LogP contribution in [-0.4, -0.2) is 19.7 Å². The molecule has 0 aliphatic carbocycles. The van der Waals surface area contributed by atoms with Crippen LogP contribution >= 0.6 is 0 Å². The lowest BCUT2D eigenvalue weighted by molar-refractivity contribution is 0.475. The Morgan fingerprint density at radius 2 is 1.65 bits per heavy atom. The molecule has 3 aromatic heterocycles. The molecule has 0 spiro atoms. The van der Waals surface area contributed by atoms with E-state index in [-0.39, 0.29) is 11.6 Å². The van der Waals surface area contributed by atoms with Crippen molar-refractivity contribution in [3.05, 3.63) is 72.9 Å². The lowest BCUT2D eigenvalue weighted by Crippen LogP contribution is -1.85. The second-order valence-electron chi connectivity index (χ2n) is 5.18. The lowest BCUT2D eigenvalue weighted by atomic mass is 10.0. The van der Waals surface area contributed by atoms with Crippen molar-refractivity contribution in [2.45, 2.75) is 0 Å². The van der Waals surface area contributed by atoms with E-state index < -0.39 is 0 Å². The van der Waals surface area contributed by atoms with Crippen molar-refractivity contribution < 1.29 is 9.50 Å². The van der Waals surface area contributed by atoms with Crippen LogP contribution in [-0.2, 0) is 0 Å². The van der Waals surface area contributed by atoms with Gasteiger partial charge in [0.05, 0.1) is 5.52 Å². The predicted octanol–water partition coefficient (Wildman–Crippen LogP) is 3.91. The maximum absolute atomic E-state index is 13.2. The zero-order chi connectivity index (χ0) is 15.8. The topological polar surface area (TPSA) is 50.4 Å². The Hall–Kier alpha value is -3.21. The van der Waals surface area contributed by atoms with Gasteiger partial charge in [-0.1, -0.05) is 0 Å². The van der Waals surface area contributed by atoms with Crippen molar-refractivity contribution >= 4 is 5.52 Å². The molecule has 0 fully saturated rings. The maximum atomic E-state index is 13.2. The number of nitrogens with zero attached hydrogens (tertiary/aromatic N) is 3. The van der Waals surface area contributed by atoms with Crippen molar-refractivity contribution in [2.75, 3.05) is 0 Å². The minimum Gasteiger partial charge on any atom is -0.508 e. The fourth-order valence-corrected chi connectivity index (χ4v) is 2.65. The third kappa shape index (κ3) is 2.32. The number of hydrogen-bond acceptors (Lipinski definition) is 3. The fourth-order valence-electron chi connectivity index (χ4n) is 2.65. The molecule has 112 valence electrons. The van der Waals surface area contributed by atoms with Crippen LogP contribution in [0.1, 0.15) is 0 Å². The zero-order valence-corrected chi connectivity index (χ0v) is 12.0. The summed E-state index contributed by atoms with van der Waals surface area (Å²) in [5.41, 5.74) is 4.11. The molecule has 4 aromatic rings. The summed E-state index contributed by atoms with van der Waals surface area (Å²) in [6.07, 6.45) is 5.11. The van der Waals surface area contributed by atoms with Gasteiger partial charge in [0.15, 0.2) is 0 Å². The standard InChI is InChI=1S/C18H12FN3O/c19-14-3-1-13(2-4-14)18-17(12-5-8-20-9-6-12)16-11-15(23)7-10-22(16)21-18/h1-11,23H. The molecule has 4 nitrogen and oxygen atoms in total. The number of hydrogen-bond donors (Lipinski definition) is 1. The summed E-state index contributed by atoms with van der Waals surface area (Å²) in [5.74, 6) is -0.126. The van der Waals surface area contributed by atoms with E-state index in [4.69, 9.17) is 0 Å². The van der Waals surface area contributed by atoms with Gasteiger partial charge >= 0.3 is 0 Å². The summed E-state index contributed by atoms with van der Waals surface area (Å²) in [4.78, 5) is 4.04. The quantitative estimate of drug-likeness (QED) is 0.611. The summed E-state index contributed by atoms with van der Waals surface area (Å²) in [6, 6.07) is 13.2. The molecule has 0 unspecified atom stereocenters. The molecule has 0 aliphatic heterocycles. The molecule has 3 heterocycles. The molecule has 0 saturated heterocycles. The van der Waals surface area contributed by atoms with Crippen molar-refractivity contribution in [3.63, 3.8) is 0 Å². The van der Waals surface area contributed by atoms with E-state index in [0.29, 0.717) is 0 Å². The highest BCUT2D eigenvalue weighted by Crippen LogP contribution is 2.35. The average Bonchev–Trinajstić information content (AvgIpc) is 2.95. The van der Waals surface area contributed by atoms with Crippen LogP contribution in [0.15, 0.2) is 67.1 Å². The smallest absolute Gasteiger partial charge is 0.123 e. The Morgan fingerprint density at radius 3 is 2.39 bits per heavy atom. The van der Waals surface area contributed by atoms with E-state index in [1.54, 1.807) is 47.4 Å². The molecule has 0 atom stereocenters. The van der Waals surface area contributed by atoms with Crippen LogP contribution in [0.4, 0.5) is 4.39 Å². The van der Waals surface area contributed by atoms with Gasteiger partial charge in [-0.2, -0.15) is 5.10 Å². The van der Waals surface area contributed by atoms with E-state index in [1.165, 1.54) is 12.1 Å². The summed E-state index contributed by atoms with van der Waals surface area (Å²) in [5, 5.41) is 14.4. The number of rotatable bonds is 2. The van der Waals surface area contributed by atoms with Crippen LogP contribution in [0, 0.1) is 5.82 Å². The molecule has 0 amide bonds. The second-order valence-corrected chi connectivity index (χ2v) is 5.18. The highest BCUT2D eigenvalue weighted by molar-refractivity contribution is 5.92. The molecule has 0 aliphatic rings. The summed E-state index contributed by atoms with van der Waals surface area (Å²) in [7, 11) is 0. The molecule has 0 bridgehead atoms. The van der Waals surface area contributed by atoms with Gasteiger partial charge in [-0.25, -0.2) is 8.91 Å². The van der Waals surface area contributed by atoms with Crippen molar-refractivity contribution in [3.8, 4) is 28.1 Å². The maximum Gasteiger partial charge on any atom is 0.123 e. The van der Waals surface area contributed by atoms with Crippen LogP contribution in [0.25, 0.3) is 27.9 Å². The molecule has 1 N–H and O–H groups in total. The monoisotopic (exact) mass is 305 g/mol. The predicted molar refractivity (Wildman–Crippen MR) is 85.5 cm³/mol. The Morgan fingerprint density at radius 1 is 0.913 bits per heavy atom. The first kappa shape index (κ1) is 13.5. The Labute approximate surface area is 131 Å². The average molecular weight is 305 g/mol. The fraction of sp³-hybridized carbons (Fsp3) is 0. The Bertz CT molecular complexity index is 979. The van der Waals surface area contributed by atoms with Gasteiger partial charge in [-0.15, -0.1) is 0 Å². The third-order valence-electron chi connectivity index (χ3n) is 3.71. The molecular weight excluding hydrogens is 293 g/mol. The highest BCUT2D eigenvalue weighted by atomic mass is 19.1. The number of fused-ring (bicyclic) bond motifs is 1. The van der Waals surface area contributed by atoms with Gasteiger partial charge in [0.1, 0.15) is 17.3 Å². The Balaban J connectivity index is 2.05. The van der Waals surface area contributed by atoms with Gasteiger partial charge in [-0.3, -0.25) is 4.98 Å². The first-order valence-electron chi connectivity index (χ1n) is 7.10. The van der Waals surface area contributed by atoms with E-state index in [0.717, 1.165) is 27.9 Å². The van der Waals surface area contributed by atoms with Gasteiger partial charge in [-0.05, 0) is 48.0 Å². The number of benzene rings is 1. The van der Waals surface area contributed by atoms with Crippen LogP contribution in [0.5, 0.6) is 5.75 Å². The Kier molecular flexibility index (Phi) is 3.05. The molecule has 1 aromatic carbocycles. The first-order valence-corrected chi connectivity index (χ1v) is 7.10. The summed E-state index contributed by atoms with van der Waals surface area (Å²) < 4.78 is 14.9. The van der Waals surface area contributed by atoms with Crippen LogP contribution in [0.2, 0.25) is 0 Å². The molecule has 0 saturated carbocycles. The lowest BCUT2D eigenvalue weighted by Gasteiger charge is -2.04. The number of halogens is 1. The van der Waals surface area contributed by atoms with Crippen molar-refractivity contribution in [1.82, 2.24) is 14.6 Å². The van der Waals surface area contributed by atoms with E-state index in [9.17, 15) is 9.50 Å². The minimum atomic E-state index is -0.291. The van der Waals surface area contributed by atoms with E-state index in [2.05, 4.69) is 10.1 Å². The second kappa shape index (κ2) is 5.21. The van der Waals surface area contributed by atoms with Crippen molar-refractivity contribution in [1.29, 1.82) is 0 Å². The van der Waals surface area contributed by atoms with Gasteiger partial charge < -0.3 is 5.11 Å². The molecule has 5 heteroatoms. The van der Waals surface area contributed by atoms with Gasteiger partial charge in [0.2, 0.25) is 0 Å². The van der Waals surface area contributed by atoms with Gasteiger partial charge in [0, 0.05) is 35.8 Å². The molecule has 4 rings (SSSR count). The molecule has 0 radical (unpaired) electrons. The largest absolute Gasteiger partial charge is 0.508 e. The first-order chi connectivity index (χ1) is 11.2. The summed E-state index contributed by atoms with van der Waals surface area (Å²) >= 11 is 0. The van der Waals surface area contributed by atoms with E-state index in [1.807, 2.05) is 12.1 Å². The number of pyridine rings is 2. The van der Waals surface area contributed by atoms with Crippen LogP contribution < -0.4 is 0 Å². The third-order valence-corrected chi connectivity index (χ3v) is 3.71. The minimum absolute atomic E-state index is 0.165. The van der Waals surface area contributed by atoms with E-state index >= 15 is 0 Å². The van der Waals surface area contributed by atoms with Crippen LogP contribution in [0.3, 0.4) is 0 Å². The van der Waals surface area contributed by atoms with Gasteiger partial charge in [0.25, 0.3) is 0 Å². The normalized spacial score (nSPS) is 11.0. The van der Waals surface area contributed by atoms with Crippen molar-refractivity contribution in [2.24, 2.45) is 0 Å². The number of aromatic nitrogens is 3.